The van der Waals surface area contributed by atoms with E-state index in [2.05, 4.69) is 9.38 Å². The van der Waals surface area contributed by atoms with E-state index in [9.17, 15) is 31.5 Å². The van der Waals surface area contributed by atoms with Gasteiger partial charge in [0.1, 0.15) is 11.6 Å². The minimum atomic E-state index is -5.28. The van der Waals surface area contributed by atoms with Gasteiger partial charge in [-0.2, -0.15) is 17.6 Å². The highest BCUT2D eigenvalue weighted by atomic mass is 32.2. The second-order valence-corrected chi connectivity index (χ2v) is 7.63. The van der Waals surface area contributed by atoms with Crippen LogP contribution in [0.4, 0.5) is 13.2 Å². The average Bonchev–Trinajstić information content (AvgIpc) is 3.03. The number of nitrogens with two attached hydrogens (primary N) is 1. The average molecular weight is 423 g/mol. The van der Waals surface area contributed by atoms with Gasteiger partial charge in [-0.15, -0.1) is 0 Å². The quantitative estimate of drug-likeness (QED) is 0.534. The van der Waals surface area contributed by atoms with Crippen molar-refractivity contribution in [3.63, 3.8) is 0 Å². The third-order valence-corrected chi connectivity index (χ3v) is 4.94. The Balaban J connectivity index is 2.23. The highest BCUT2D eigenvalue weighted by molar-refractivity contribution is 7.90. The minimum absolute atomic E-state index is 0.0105. The first-order valence-electron chi connectivity index (χ1n) is 7.76. The molecule has 0 saturated heterocycles. The highest BCUT2D eigenvalue weighted by Crippen LogP contribution is 2.42. The molecule has 0 aliphatic carbocycles. The molecular formula is C15H16F3N3O6S. The number of aromatic nitrogens is 1. The molecule has 0 radical (unpaired) electrons. The van der Waals surface area contributed by atoms with Gasteiger partial charge < -0.3 is 20.4 Å². The van der Waals surface area contributed by atoms with E-state index in [1.807, 2.05) is 0 Å². The van der Waals surface area contributed by atoms with Crippen molar-refractivity contribution in [1.29, 1.82) is 0 Å². The Kier molecular flexibility index (Phi) is 6.11. The molecule has 154 valence electrons. The van der Waals surface area contributed by atoms with Gasteiger partial charge in [0.05, 0.1) is 5.75 Å². The maximum Gasteiger partial charge on any atom is 0.426 e. The molecule has 28 heavy (non-hydrogen) atoms. The fourth-order valence-electron chi connectivity index (χ4n) is 2.12. The number of nitrogens with zero attached hydrogens (tertiary/aromatic N) is 2. The number of hydrogen-bond donors (Lipinski definition) is 3. The number of hydrogen-bond acceptors (Lipinski definition) is 7. The van der Waals surface area contributed by atoms with Crippen molar-refractivity contribution in [2.24, 2.45) is 10.1 Å². The van der Waals surface area contributed by atoms with Crippen LogP contribution in [-0.2, 0) is 20.4 Å². The lowest BCUT2D eigenvalue weighted by molar-refractivity contribution is -0.274. The van der Waals surface area contributed by atoms with Crippen LogP contribution >= 0.6 is 0 Å². The summed E-state index contributed by atoms with van der Waals surface area (Å²) in [6.45, 7) is 0. The zero-order valence-corrected chi connectivity index (χ0v) is 14.9. The molecule has 1 aromatic carbocycles. The van der Waals surface area contributed by atoms with Gasteiger partial charge in [0.25, 0.3) is 10.0 Å². The van der Waals surface area contributed by atoms with Crippen LogP contribution in [0.1, 0.15) is 18.7 Å². The summed E-state index contributed by atoms with van der Waals surface area (Å²) in [6.07, 6.45) is -6.36. The fourth-order valence-corrected chi connectivity index (χ4v) is 3.09. The predicted molar refractivity (Wildman–Crippen MR) is 91.1 cm³/mol. The van der Waals surface area contributed by atoms with E-state index in [-0.39, 0.29) is 11.1 Å². The molecule has 2 rings (SSSR count). The number of para-hydroxylation sites is 2. The molecule has 0 amide bonds. The fraction of sp³-hybridized carbons (Fsp3) is 0.400. The Morgan fingerprint density at radius 2 is 2.00 bits per heavy atom. The van der Waals surface area contributed by atoms with Crippen molar-refractivity contribution >= 4 is 33.3 Å². The number of oxazole rings is 1. The number of carboxylic acid groups (broad SMARTS) is 1. The van der Waals surface area contributed by atoms with E-state index in [0.29, 0.717) is 6.21 Å². The van der Waals surface area contributed by atoms with Crippen LogP contribution in [0.25, 0.3) is 11.1 Å². The molecule has 1 aromatic heterocycles. The van der Waals surface area contributed by atoms with Gasteiger partial charge in [-0.1, -0.05) is 12.1 Å². The summed E-state index contributed by atoms with van der Waals surface area (Å²) in [7, 11) is -4.44. The third kappa shape index (κ3) is 4.85. The maximum atomic E-state index is 13.5. The molecule has 4 N–H and O–H groups in total. The molecule has 1 heterocycles. The number of aliphatic carboxylic acids is 1. The van der Waals surface area contributed by atoms with Crippen molar-refractivity contribution < 1.29 is 41.0 Å². The first kappa shape index (κ1) is 21.8. The first-order valence-corrected chi connectivity index (χ1v) is 9.37. The van der Waals surface area contributed by atoms with Gasteiger partial charge in [-0.3, -0.25) is 4.79 Å². The first-order chi connectivity index (χ1) is 12.9. The van der Waals surface area contributed by atoms with Gasteiger partial charge >= 0.3 is 12.1 Å². The molecule has 0 saturated carbocycles. The third-order valence-electron chi connectivity index (χ3n) is 3.75. The molecule has 9 nitrogen and oxygen atoms in total. The monoisotopic (exact) mass is 423 g/mol. The van der Waals surface area contributed by atoms with E-state index >= 15 is 0 Å². The van der Waals surface area contributed by atoms with Crippen LogP contribution in [0, 0.1) is 0 Å². The Morgan fingerprint density at radius 1 is 1.36 bits per heavy atom. The molecule has 0 bridgehead atoms. The smallest absolute Gasteiger partial charge is 0.426 e. The molecule has 0 fully saturated rings. The lowest BCUT2D eigenvalue weighted by atomic mass is 10.0. The van der Waals surface area contributed by atoms with Crippen LogP contribution in [0.15, 0.2) is 33.1 Å². The number of alkyl halides is 3. The number of sulfonamides is 1. The molecule has 1 unspecified atom stereocenters. The second kappa shape index (κ2) is 7.85. The summed E-state index contributed by atoms with van der Waals surface area (Å²) < 4.78 is 72.2. The number of carbonyl (C=O) groups is 1. The minimum Gasteiger partial charge on any atom is -0.480 e. The topological polar surface area (TPSA) is 156 Å². The van der Waals surface area contributed by atoms with Gasteiger partial charge in [0.15, 0.2) is 5.58 Å². The number of rotatable bonds is 8. The second-order valence-electron chi connectivity index (χ2n) is 5.85. The summed E-state index contributed by atoms with van der Waals surface area (Å²) >= 11 is 0. The van der Waals surface area contributed by atoms with Gasteiger partial charge in [0, 0.05) is 19.1 Å². The van der Waals surface area contributed by atoms with E-state index < -0.39 is 58.3 Å². The summed E-state index contributed by atoms with van der Waals surface area (Å²) in [5.74, 6) is -3.68. The number of benzene rings is 1. The van der Waals surface area contributed by atoms with Crippen LogP contribution < -0.4 is 5.73 Å². The summed E-state index contributed by atoms with van der Waals surface area (Å²) in [6, 6.07) is 4.29. The van der Waals surface area contributed by atoms with Crippen LogP contribution in [0.5, 0.6) is 0 Å². The summed E-state index contributed by atoms with van der Waals surface area (Å²) in [4.78, 5) is 14.1. The van der Waals surface area contributed by atoms with Gasteiger partial charge in [-0.05, 0) is 12.1 Å². The summed E-state index contributed by atoms with van der Waals surface area (Å²) in [5, 5.41) is 18.8. The number of aliphatic hydroxyl groups is 1. The largest absolute Gasteiger partial charge is 0.480 e. The van der Waals surface area contributed by atoms with Crippen LogP contribution in [-0.4, -0.2) is 53.8 Å². The maximum absolute atomic E-state index is 13.5. The van der Waals surface area contributed by atoms with E-state index in [1.54, 1.807) is 0 Å². The number of carboxylic acids is 1. The molecule has 13 heteroatoms. The number of fused-ring (bicyclic) bond motifs is 1. The molecule has 0 aliphatic heterocycles. The Hall–Kier alpha value is -2.51. The lowest BCUT2D eigenvalue weighted by Crippen LogP contribution is -2.44. The van der Waals surface area contributed by atoms with Crippen molar-refractivity contribution in [2.45, 2.75) is 30.7 Å². The van der Waals surface area contributed by atoms with Crippen LogP contribution in [0.2, 0.25) is 0 Å². The molecule has 2 atom stereocenters. The zero-order valence-electron chi connectivity index (χ0n) is 14.1. The molecule has 2 aromatic rings. The molecule has 0 aliphatic rings. The zero-order chi connectivity index (χ0) is 21.2. The van der Waals surface area contributed by atoms with Crippen molar-refractivity contribution in [3.8, 4) is 0 Å². The van der Waals surface area contributed by atoms with E-state index in [1.165, 1.54) is 24.3 Å². The highest BCUT2D eigenvalue weighted by Gasteiger charge is 2.58. The normalized spacial score (nSPS) is 16.3. The Morgan fingerprint density at radius 3 is 2.57 bits per heavy atom. The SMILES string of the molecule is N[C@@H](CC=NS(=O)(=O)CCC(O)(c1nc2ccccc2o1)C(F)(F)F)C(=O)O. The number of halogens is 3. The van der Waals surface area contributed by atoms with E-state index in [4.69, 9.17) is 15.3 Å². The molecular weight excluding hydrogens is 407 g/mol. The Labute approximate surface area is 156 Å². The van der Waals surface area contributed by atoms with E-state index in [0.717, 1.165) is 0 Å². The lowest BCUT2D eigenvalue weighted by Gasteiger charge is -2.26. The van der Waals surface area contributed by atoms with Gasteiger partial charge in [-0.25, -0.2) is 13.4 Å². The van der Waals surface area contributed by atoms with Gasteiger partial charge in [0.2, 0.25) is 11.5 Å². The van der Waals surface area contributed by atoms with Crippen molar-refractivity contribution in [2.75, 3.05) is 5.75 Å². The predicted octanol–water partition coefficient (Wildman–Crippen LogP) is 1.17. The summed E-state index contributed by atoms with van der Waals surface area (Å²) in [5.41, 5.74) is 1.55. The van der Waals surface area contributed by atoms with Crippen molar-refractivity contribution in [3.05, 3.63) is 30.2 Å². The van der Waals surface area contributed by atoms with Crippen molar-refractivity contribution in [1.82, 2.24) is 4.98 Å². The Bertz CT molecular complexity index is 955. The van der Waals surface area contributed by atoms with Crippen LogP contribution in [0.3, 0.4) is 0 Å². The molecule has 0 spiro atoms. The standard InChI is InChI=1S/C15H16F3N3O6S/c16-15(17,18)14(24,13-21-10-3-1-2-4-11(10)27-13)6-8-28(25,26)20-7-5-9(19)12(22)23/h1-4,7,9,24H,5-6,8,19H2,(H,22,23)/t9-,14?/m0/s1.